The first-order valence-corrected chi connectivity index (χ1v) is 8.16. The molecule has 2 nitrogen and oxygen atoms in total. The number of thiophene rings is 1. The molecule has 1 aromatic carbocycles. The Morgan fingerprint density at radius 2 is 2.05 bits per heavy atom. The Labute approximate surface area is 130 Å². The minimum atomic E-state index is -0.119. The maximum Gasteiger partial charge on any atom is 0.127 e. The molecule has 0 atom stereocenters. The minimum absolute atomic E-state index is 0.119. The van der Waals surface area contributed by atoms with Gasteiger partial charge in [0.1, 0.15) is 5.82 Å². The van der Waals surface area contributed by atoms with Crippen molar-refractivity contribution in [1.29, 1.82) is 0 Å². The monoisotopic (exact) mass is 306 g/mol. The van der Waals surface area contributed by atoms with Gasteiger partial charge in [0.15, 0.2) is 0 Å². The van der Waals surface area contributed by atoms with Crippen LogP contribution in [0.5, 0.6) is 0 Å². The lowest BCUT2D eigenvalue weighted by atomic mass is 10.1. The smallest absolute Gasteiger partial charge is 0.127 e. The zero-order valence-corrected chi connectivity index (χ0v) is 13.7. The molecule has 0 aliphatic carbocycles. The number of halogens is 1. The van der Waals surface area contributed by atoms with Crippen molar-refractivity contribution in [2.45, 2.75) is 39.5 Å². The van der Waals surface area contributed by atoms with Crippen molar-refractivity contribution in [2.24, 2.45) is 0 Å². The molecule has 1 aromatic heterocycles. The van der Waals surface area contributed by atoms with E-state index in [0.29, 0.717) is 12.6 Å². The molecular formula is C17H23FN2S. The first-order chi connectivity index (χ1) is 10.1. The summed E-state index contributed by atoms with van der Waals surface area (Å²) in [5.41, 5.74) is 1.89. The standard InChI is InChI=1S/C17H23FN2S/c1-13(2)20(12-16-5-4-8-21-16)11-15-9-14(10-19-3)6-7-17(15)18/h4-9,13,19H,10-12H2,1-3H3. The molecule has 0 fully saturated rings. The van der Waals surface area contributed by atoms with Crippen molar-refractivity contribution in [1.82, 2.24) is 10.2 Å². The van der Waals surface area contributed by atoms with E-state index in [4.69, 9.17) is 0 Å². The molecule has 21 heavy (non-hydrogen) atoms. The molecule has 0 aliphatic rings. The van der Waals surface area contributed by atoms with E-state index in [-0.39, 0.29) is 5.82 Å². The van der Waals surface area contributed by atoms with Gasteiger partial charge in [-0.2, -0.15) is 0 Å². The van der Waals surface area contributed by atoms with Crippen LogP contribution in [0.3, 0.4) is 0 Å². The highest BCUT2D eigenvalue weighted by Crippen LogP contribution is 2.19. The average molecular weight is 306 g/mol. The van der Waals surface area contributed by atoms with Gasteiger partial charge in [-0.1, -0.05) is 18.2 Å². The highest BCUT2D eigenvalue weighted by atomic mass is 32.1. The van der Waals surface area contributed by atoms with E-state index in [1.165, 1.54) is 4.88 Å². The molecule has 0 bridgehead atoms. The summed E-state index contributed by atoms with van der Waals surface area (Å²) in [5.74, 6) is -0.119. The van der Waals surface area contributed by atoms with Crippen LogP contribution in [0.15, 0.2) is 35.7 Å². The third kappa shape index (κ3) is 4.63. The molecule has 0 amide bonds. The van der Waals surface area contributed by atoms with Crippen molar-refractivity contribution in [3.63, 3.8) is 0 Å². The van der Waals surface area contributed by atoms with E-state index in [1.54, 1.807) is 17.4 Å². The van der Waals surface area contributed by atoms with Gasteiger partial charge in [0.05, 0.1) is 0 Å². The summed E-state index contributed by atoms with van der Waals surface area (Å²) in [5, 5.41) is 5.19. The topological polar surface area (TPSA) is 15.3 Å². The maximum atomic E-state index is 14.1. The van der Waals surface area contributed by atoms with Gasteiger partial charge in [0.2, 0.25) is 0 Å². The summed E-state index contributed by atoms with van der Waals surface area (Å²) in [6, 6.07) is 9.95. The highest BCUT2D eigenvalue weighted by molar-refractivity contribution is 7.09. The number of nitrogens with one attached hydrogen (secondary N) is 1. The normalized spacial score (nSPS) is 11.5. The molecule has 0 unspecified atom stereocenters. The summed E-state index contributed by atoms with van der Waals surface area (Å²) in [6.07, 6.45) is 0. The summed E-state index contributed by atoms with van der Waals surface area (Å²) in [4.78, 5) is 3.61. The second-order valence-corrected chi connectivity index (χ2v) is 6.57. The van der Waals surface area contributed by atoms with Crippen LogP contribution in [0.1, 0.15) is 29.9 Å². The predicted octanol–water partition coefficient (Wildman–Crippen LogP) is 4.02. The highest BCUT2D eigenvalue weighted by Gasteiger charge is 2.14. The van der Waals surface area contributed by atoms with Crippen LogP contribution in [-0.2, 0) is 19.6 Å². The Kier molecular flexibility index (Phi) is 5.91. The van der Waals surface area contributed by atoms with E-state index in [1.807, 2.05) is 19.2 Å². The summed E-state index contributed by atoms with van der Waals surface area (Å²) >= 11 is 1.75. The number of rotatable bonds is 7. The van der Waals surface area contributed by atoms with Gasteiger partial charge in [-0.3, -0.25) is 4.90 Å². The molecule has 0 spiro atoms. The van der Waals surface area contributed by atoms with Gasteiger partial charge >= 0.3 is 0 Å². The van der Waals surface area contributed by atoms with Gasteiger partial charge in [0, 0.05) is 36.1 Å². The molecule has 1 heterocycles. The second-order valence-electron chi connectivity index (χ2n) is 5.53. The summed E-state index contributed by atoms with van der Waals surface area (Å²) in [7, 11) is 1.90. The minimum Gasteiger partial charge on any atom is -0.316 e. The Morgan fingerprint density at radius 3 is 2.67 bits per heavy atom. The van der Waals surface area contributed by atoms with Crippen LogP contribution in [0.4, 0.5) is 4.39 Å². The lowest BCUT2D eigenvalue weighted by Crippen LogP contribution is -2.30. The van der Waals surface area contributed by atoms with Crippen LogP contribution in [-0.4, -0.2) is 18.0 Å². The van der Waals surface area contributed by atoms with E-state index in [9.17, 15) is 4.39 Å². The van der Waals surface area contributed by atoms with Crippen molar-refractivity contribution in [3.8, 4) is 0 Å². The molecule has 0 radical (unpaired) electrons. The predicted molar refractivity (Wildman–Crippen MR) is 87.9 cm³/mol. The first kappa shape index (κ1) is 16.1. The van der Waals surface area contributed by atoms with Crippen molar-refractivity contribution < 1.29 is 4.39 Å². The zero-order valence-electron chi connectivity index (χ0n) is 12.9. The van der Waals surface area contributed by atoms with E-state index >= 15 is 0 Å². The fourth-order valence-electron chi connectivity index (χ4n) is 2.31. The van der Waals surface area contributed by atoms with Gasteiger partial charge in [-0.15, -0.1) is 11.3 Å². The Bertz CT molecular complexity index is 552. The average Bonchev–Trinajstić information content (AvgIpc) is 2.95. The summed E-state index contributed by atoms with van der Waals surface area (Å²) < 4.78 is 14.1. The molecule has 0 aliphatic heterocycles. The maximum absolute atomic E-state index is 14.1. The van der Waals surface area contributed by atoms with Crippen LogP contribution in [0.2, 0.25) is 0 Å². The van der Waals surface area contributed by atoms with E-state index in [2.05, 4.69) is 41.6 Å². The second kappa shape index (κ2) is 7.69. The van der Waals surface area contributed by atoms with E-state index in [0.717, 1.165) is 24.2 Å². The van der Waals surface area contributed by atoms with Crippen LogP contribution in [0, 0.1) is 5.82 Å². The lowest BCUT2D eigenvalue weighted by Gasteiger charge is -2.26. The van der Waals surface area contributed by atoms with Crippen LogP contribution in [0.25, 0.3) is 0 Å². The van der Waals surface area contributed by atoms with Crippen LogP contribution < -0.4 is 5.32 Å². The molecule has 114 valence electrons. The van der Waals surface area contributed by atoms with E-state index < -0.39 is 0 Å². The van der Waals surface area contributed by atoms with Gasteiger partial charge < -0.3 is 5.32 Å². The van der Waals surface area contributed by atoms with Gasteiger partial charge in [-0.05, 0) is 44.0 Å². The fourth-order valence-corrected chi connectivity index (χ4v) is 3.04. The summed E-state index contributed by atoms with van der Waals surface area (Å²) in [6.45, 7) is 6.58. The van der Waals surface area contributed by atoms with Crippen molar-refractivity contribution >= 4 is 11.3 Å². The molecule has 4 heteroatoms. The number of nitrogens with zero attached hydrogens (tertiary/aromatic N) is 1. The molecule has 1 N–H and O–H groups in total. The molecule has 0 saturated heterocycles. The van der Waals surface area contributed by atoms with Crippen LogP contribution >= 0.6 is 11.3 Å². The third-order valence-corrected chi connectivity index (χ3v) is 4.39. The third-order valence-electron chi connectivity index (χ3n) is 3.53. The zero-order chi connectivity index (χ0) is 15.2. The Morgan fingerprint density at radius 1 is 1.24 bits per heavy atom. The fraction of sp³-hybridized carbons (Fsp3) is 0.412. The Hall–Kier alpha value is -1.23. The van der Waals surface area contributed by atoms with Crippen molar-refractivity contribution in [2.75, 3.05) is 7.05 Å². The molecule has 2 rings (SSSR count). The molecule has 0 saturated carbocycles. The lowest BCUT2D eigenvalue weighted by molar-refractivity contribution is 0.203. The van der Waals surface area contributed by atoms with Gasteiger partial charge in [-0.25, -0.2) is 4.39 Å². The SMILES string of the molecule is CNCc1ccc(F)c(CN(Cc2cccs2)C(C)C)c1. The van der Waals surface area contributed by atoms with Gasteiger partial charge in [0.25, 0.3) is 0 Å². The largest absolute Gasteiger partial charge is 0.316 e. The molecule has 2 aromatic rings. The molecular weight excluding hydrogens is 283 g/mol. The van der Waals surface area contributed by atoms with Crippen molar-refractivity contribution in [3.05, 3.63) is 57.5 Å². The Balaban J connectivity index is 2.14. The first-order valence-electron chi connectivity index (χ1n) is 7.28. The number of hydrogen-bond acceptors (Lipinski definition) is 3. The quantitative estimate of drug-likeness (QED) is 0.831. The number of benzene rings is 1. The number of hydrogen-bond donors (Lipinski definition) is 1.